The molecule has 0 aromatic carbocycles. The third-order valence-corrected chi connectivity index (χ3v) is 5.48. The van der Waals surface area contributed by atoms with Crippen LogP contribution in [0, 0.1) is 11.3 Å². The van der Waals surface area contributed by atoms with Crippen molar-refractivity contribution in [3.63, 3.8) is 0 Å². The maximum absolute atomic E-state index is 6.32. The topological polar surface area (TPSA) is 43.8 Å². The minimum Gasteiger partial charge on any atom is -0.384 e. The number of rotatable bonds is 2. The van der Waals surface area contributed by atoms with E-state index >= 15 is 0 Å². The number of hydrogen-bond acceptors (Lipinski definition) is 2. The van der Waals surface area contributed by atoms with E-state index in [-0.39, 0.29) is 0 Å². The first kappa shape index (κ1) is 14.0. The van der Waals surface area contributed by atoms with Crippen LogP contribution in [0.5, 0.6) is 0 Å². The van der Waals surface area contributed by atoms with Gasteiger partial charge in [0.05, 0.1) is 5.69 Å². The molecule has 1 aromatic heterocycles. The summed E-state index contributed by atoms with van der Waals surface area (Å²) in [7, 11) is 2.08. The Hall–Kier alpha value is -0.990. The van der Waals surface area contributed by atoms with Crippen molar-refractivity contribution in [3.8, 4) is 0 Å². The van der Waals surface area contributed by atoms with E-state index in [1.807, 2.05) is 0 Å². The molecule has 0 saturated heterocycles. The first-order chi connectivity index (χ1) is 9.38. The summed E-state index contributed by atoms with van der Waals surface area (Å²) in [5.41, 5.74) is 7.96. The normalized spacial score (nSPS) is 27.8. The van der Waals surface area contributed by atoms with Crippen LogP contribution in [0.25, 0.3) is 0 Å². The first-order valence-corrected chi connectivity index (χ1v) is 8.20. The van der Waals surface area contributed by atoms with Crippen molar-refractivity contribution >= 4 is 5.82 Å². The second-order valence-corrected chi connectivity index (χ2v) is 7.99. The summed E-state index contributed by atoms with van der Waals surface area (Å²) in [6.45, 7) is 7.12. The van der Waals surface area contributed by atoms with Crippen LogP contribution < -0.4 is 5.73 Å². The van der Waals surface area contributed by atoms with E-state index in [1.165, 1.54) is 50.0 Å². The smallest absolute Gasteiger partial charge is 0.126 e. The lowest BCUT2D eigenvalue weighted by Crippen LogP contribution is -2.25. The Balaban J connectivity index is 1.73. The molecule has 0 aliphatic heterocycles. The summed E-state index contributed by atoms with van der Waals surface area (Å²) < 4.78 is 2.14. The second-order valence-electron chi connectivity index (χ2n) is 7.99. The van der Waals surface area contributed by atoms with Crippen LogP contribution in [0.3, 0.4) is 0 Å². The van der Waals surface area contributed by atoms with Gasteiger partial charge >= 0.3 is 0 Å². The fraction of sp³-hybridized carbons (Fsp3) is 0.824. The van der Waals surface area contributed by atoms with Crippen LogP contribution in [0.1, 0.15) is 82.7 Å². The van der Waals surface area contributed by atoms with Crippen LogP contribution >= 0.6 is 0 Å². The van der Waals surface area contributed by atoms with E-state index in [1.54, 1.807) is 0 Å². The number of imidazole rings is 1. The Morgan fingerprint density at radius 1 is 1.00 bits per heavy atom. The molecule has 1 aromatic rings. The van der Waals surface area contributed by atoms with Crippen LogP contribution in [-0.4, -0.2) is 9.55 Å². The Morgan fingerprint density at radius 2 is 1.55 bits per heavy atom. The molecule has 0 bridgehead atoms. The molecular weight excluding hydrogens is 246 g/mol. The van der Waals surface area contributed by atoms with Crippen LogP contribution in [0.15, 0.2) is 0 Å². The molecule has 2 aliphatic carbocycles. The third-order valence-electron chi connectivity index (χ3n) is 5.48. The Kier molecular flexibility index (Phi) is 3.34. The van der Waals surface area contributed by atoms with Gasteiger partial charge in [-0.3, -0.25) is 0 Å². The van der Waals surface area contributed by atoms with Gasteiger partial charge < -0.3 is 10.3 Å². The average molecular weight is 275 g/mol. The number of hydrogen-bond donors (Lipinski definition) is 1. The number of aromatic nitrogens is 2. The molecule has 2 N–H and O–H groups in total. The molecule has 1 heterocycles. The van der Waals surface area contributed by atoms with Gasteiger partial charge in [0.15, 0.2) is 0 Å². The highest BCUT2D eigenvalue weighted by molar-refractivity contribution is 5.42. The van der Waals surface area contributed by atoms with Crippen molar-refractivity contribution in [3.05, 3.63) is 11.5 Å². The Labute approximate surface area is 123 Å². The predicted molar refractivity (Wildman–Crippen MR) is 83.7 cm³/mol. The molecule has 0 atom stereocenters. The van der Waals surface area contributed by atoms with Crippen LogP contribution in [0.4, 0.5) is 5.82 Å². The van der Waals surface area contributed by atoms with E-state index in [2.05, 4.69) is 32.4 Å². The maximum Gasteiger partial charge on any atom is 0.126 e. The van der Waals surface area contributed by atoms with E-state index in [4.69, 9.17) is 10.7 Å². The summed E-state index contributed by atoms with van der Waals surface area (Å²) in [5, 5.41) is 0. The third kappa shape index (κ3) is 2.47. The largest absolute Gasteiger partial charge is 0.384 e. The fourth-order valence-electron chi connectivity index (χ4n) is 3.79. The lowest BCUT2D eigenvalue weighted by Gasteiger charge is -2.36. The molecular formula is C17H29N3. The Morgan fingerprint density at radius 3 is 2.05 bits per heavy atom. The molecule has 112 valence electrons. The summed E-state index contributed by atoms with van der Waals surface area (Å²) in [5.74, 6) is 4.28. The lowest BCUT2D eigenvalue weighted by atomic mass is 9.69. The zero-order valence-corrected chi connectivity index (χ0v) is 13.4. The maximum atomic E-state index is 6.32. The van der Waals surface area contributed by atoms with Gasteiger partial charge in [0.2, 0.25) is 0 Å². The minimum atomic E-state index is 0.444. The zero-order valence-electron chi connectivity index (χ0n) is 13.4. The van der Waals surface area contributed by atoms with Crippen molar-refractivity contribution in [2.75, 3.05) is 5.73 Å². The quantitative estimate of drug-likeness (QED) is 0.879. The molecule has 3 rings (SSSR count). The van der Waals surface area contributed by atoms with Gasteiger partial charge in [-0.1, -0.05) is 20.8 Å². The monoisotopic (exact) mass is 275 g/mol. The zero-order chi connectivity index (χ0) is 14.5. The average Bonchev–Trinajstić information content (AvgIpc) is 3.18. The molecule has 2 fully saturated rings. The molecule has 2 saturated carbocycles. The lowest BCUT2D eigenvalue weighted by molar-refractivity contribution is 0.168. The van der Waals surface area contributed by atoms with Gasteiger partial charge in [-0.25, -0.2) is 4.98 Å². The van der Waals surface area contributed by atoms with E-state index in [0.29, 0.717) is 17.3 Å². The standard InChI is InChI=1S/C17H29N3/c1-17(2,3)13-9-7-11(8-10-13)14-15(18)20(4)16(19-14)12-5-6-12/h11-13H,5-10,18H2,1-4H3. The summed E-state index contributed by atoms with van der Waals surface area (Å²) in [4.78, 5) is 4.92. The molecule has 3 nitrogen and oxygen atoms in total. The highest BCUT2D eigenvalue weighted by atomic mass is 15.1. The van der Waals surface area contributed by atoms with Crippen LogP contribution in [0.2, 0.25) is 0 Å². The number of nitrogen functional groups attached to an aromatic ring is 1. The summed E-state index contributed by atoms with van der Waals surface area (Å²) in [6.07, 6.45) is 7.74. The first-order valence-electron chi connectivity index (χ1n) is 8.20. The summed E-state index contributed by atoms with van der Waals surface area (Å²) >= 11 is 0. The molecule has 0 unspecified atom stereocenters. The van der Waals surface area contributed by atoms with Crippen molar-refractivity contribution in [2.45, 2.75) is 71.1 Å². The van der Waals surface area contributed by atoms with E-state index < -0.39 is 0 Å². The summed E-state index contributed by atoms with van der Waals surface area (Å²) in [6, 6.07) is 0. The molecule has 0 spiro atoms. The highest BCUT2D eigenvalue weighted by Crippen LogP contribution is 2.46. The molecule has 0 radical (unpaired) electrons. The van der Waals surface area contributed by atoms with Gasteiger partial charge in [0.25, 0.3) is 0 Å². The minimum absolute atomic E-state index is 0.444. The van der Waals surface area contributed by atoms with E-state index in [9.17, 15) is 0 Å². The molecule has 0 amide bonds. The highest BCUT2D eigenvalue weighted by Gasteiger charge is 2.34. The number of nitrogens with two attached hydrogens (primary N) is 1. The van der Waals surface area contributed by atoms with Gasteiger partial charge in [-0.05, 0) is 49.9 Å². The van der Waals surface area contributed by atoms with Crippen molar-refractivity contribution in [2.24, 2.45) is 18.4 Å². The van der Waals surface area contributed by atoms with Gasteiger partial charge in [0.1, 0.15) is 11.6 Å². The van der Waals surface area contributed by atoms with Gasteiger partial charge in [-0.2, -0.15) is 0 Å². The molecule has 20 heavy (non-hydrogen) atoms. The van der Waals surface area contributed by atoms with Gasteiger partial charge in [0, 0.05) is 18.9 Å². The van der Waals surface area contributed by atoms with Crippen molar-refractivity contribution in [1.29, 1.82) is 0 Å². The van der Waals surface area contributed by atoms with Gasteiger partial charge in [-0.15, -0.1) is 0 Å². The Bertz CT molecular complexity index is 483. The number of nitrogens with zero attached hydrogens (tertiary/aromatic N) is 2. The number of anilines is 1. The molecule has 2 aliphatic rings. The fourth-order valence-corrected chi connectivity index (χ4v) is 3.79. The van der Waals surface area contributed by atoms with Crippen LogP contribution in [-0.2, 0) is 7.05 Å². The van der Waals surface area contributed by atoms with E-state index in [0.717, 1.165) is 11.7 Å². The SMILES string of the molecule is Cn1c(C2CC2)nc(C2CCC(C(C)(C)C)CC2)c1N. The van der Waals surface area contributed by atoms with Crippen molar-refractivity contribution < 1.29 is 0 Å². The predicted octanol–water partition coefficient (Wildman–Crippen LogP) is 4.20. The molecule has 3 heteroatoms. The van der Waals surface area contributed by atoms with Crippen molar-refractivity contribution in [1.82, 2.24) is 9.55 Å². The second kappa shape index (κ2) is 4.78.